The third-order valence-electron chi connectivity index (χ3n) is 7.91. The highest BCUT2D eigenvalue weighted by Gasteiger charge is 2.49. The summed E-state index contributed by atoms with van der Waals surface area (Å²) in [4.78, 5) is 12.2. The predicted molar refractivity (Wildman–Crippen MR) is 102 cm³/mol. The van der Waals surface area contributed by atoms with Gasteiger partial charge >= 0.3 is 0 Å². The monoisotopic (exact) mass is 388 g/mol. The number of carbonyl (C=O) groups excluding carboxylic acids is 1. The lowest BCUT2D eigenvalue weighted by Crippen LogP contribution is -2.55. The van der Waals surface area contributed by atoms with Gasteiger partial charge in [-0.15, -0.1) is 0 Å². The highest BCUT2D eigenvalue weighted by atomic mass is 32.2. The molecule has 1 amide bonds. The van der Waals surface area contributed by atoms with Crippen LogP contribution in [0.3, 0.4) is 0 Å². The first-order valence-electron chi connectivity index (χ1n) is 10.3. The van der Waals surface area contributed by atoms with Gasteiger partial charge in [-0.2, -0.15) is 0 Å². The van der Waals surface area contributed by atoms with E-state index in [9.17, 15) is 13.2 Å². The summed E-state index contributed by atoms with van der Waals surface area (Å²) in [6, 6.07) is 6.91. The lowest BCUT2D eigenvalue weighted by atomic mass is 9.54. The van der Waals surface area contributed by atoms with Gasteiger partial charge in [-0.1, -0.05) is 18.6 Å². The zero-order chi connectivity index (χ0) is 18.8. The van der Waals surface area contributed by atoms with Crippen molar-refractivity contribution in [2.45, 2.75) is 67.7 Å². The molecule has 27 heavy (non-hydrogen) atoms. The van der Waals surface area contributed by atoms with E-state index in [1.165, 1.54) is 32.1 Å². The summed E-state index contributed by atoms with van der Waals surface area (Å²) in [5.41, 5.74) is 5.85. The van der Waals surface area contributed by atoms with Crippen LogP contribution in [-0.4, -0.2) is 20.4 Å². The molecule has 0 saturated heterocycles. The summed E-state index contributed by atoms with van der Waals surface area (Å²) >= 11 is 0. The lowest BCUT2D eigenvalue weighted by molar-refractivity contribution is -0.126. The summed E-state index contributed by atoms with van der Waals surface area (Å²) in [5, 5.41) is 0. The molecule has 0 spiro atoms. The van der Waals surface area contributed by atoms with E-state index < -0.39 is 15.4 Å². The zero-order valence-corrected chi connectivity index (χ0v) is 16.4. The van der Waals surface area contributed by atoms with Crippen molar-refractivity contribution in [2.24, 2.45) is 29.4 Å². The third kappa shape index (κ3) is 2.75. The fourth-order valence-electron chi connectivity index (χ4n) is 6.53. The Balaban J connectivity index is 1.36. The molecule has 4 bridgehead atoms. The van der Waals surface area contributed by atoms with E-state index in [1.54, 1.807) is 24.3 Å². The molecule has 5 nitrogen and oxygen atoms in total. The summed E-state index contributed by atoms with van der Waals surface area (Å²) in [7, 11) is -3.54. The van der Waals surface area contributed by atoms with E-state index in [2.05, 4.69) is 4.72 Å². The summed E-state index contributed by atoms with van der Waals surface area (Å²) in [6.07, 6.45) is 8.56. The van der Waals surface area contributed by atoms with Crippen molar-refractivity contribution in [1.29, 1.82) is 0 Å². The van der Waals surface area contributed by atoms with Crippen LogP contribution in [0, 0.1) is 23.7 Å². The Morgan fingerprint density at radius 1 is 0.963 bits per heavy atom. The molecule has 5 saturated carbocycles. The Hall–Kier alpha value is -1.40. The first-order chi connectivity index (χ1) is 12.9. The maximum atomic E-state index is 13.0. The Kier molecular flexibility index (Phi) is 3.96. The van der Waals surface area contributed by atoms with Crippen LogP contribution in [0.1, 0.15) is 56.9 Å². The SMILES string of the molecule is NC(=O)C1(c2ccc(S(=O)(=O)NC3C4CC5CC(C4)CC3C5)cc2)CCC1. The van der Waals surface area contributed by atoms with Crippen LogP contribution in [0.4, 0.5) is 0 Å². The number of hydrogen-bond donors (Lipinski definition) is 2. The summed E-state index contributed by atoms with van der Waals surface area (Å²) in [5.74, 6) is 2.34. The van der Waals surface area contributed by atoms with Crippen molar-refractivity contribution >= 4 is 15.9 Å². The van der Waals surface area contributed by atoms with Crippen LogP contribution in [-0.2, 0) is 20.2 Å². The first kappa shape index (κ1) is 17.7. The van der Waals surface area contributed by atoms with Gasteiger partial charge in [0.1, 0.15) is 0 Å². The van der Waals surface area contributed by atoms with Crippen molar-refractivity contribution in [3.63, 3.8) is 0 Å². The second kappa shape index (κ2) is 6.05. The van der Waals surface area contributed by atoms with Gasteiger partial charge in [0.2, 0.25) is 15.9 Å². The molecule has 0 radical (unpaired) electrons. The van der Waals surface area contributed by atoms with Crippen LogP contribution >= 0.6 is 0 Å². The van der Waals surface area contributed by atoms with Crippen molar-refractivity contribution in [1.82, 2.24) is 4.72 Å². The van der Waals surface area contributed by atoms with Crippen molar-refractivity contribution in [2.75, 3.05) is 0 Å². The molecule has 6 heteroatoms. The average Bonchev–Trinajstić information content (AvgIpc) is 2.57. The highest BCUT2D eigenvalue weighted by Crippen LogP contribution is 2.54. The Morgan fingerprint density at radius 3 is 1.96 bits per heavy atom. The summed E-state index contributed by atoms with van der Waals surface area (Å²) in [6.45, 7) is 0. The number of nitrogens with one attached hydrogen (secondary N) is 1. The Bertz CT molecular complexity index is 830. The zero-order valence-electron chi connectivity index (χ0n) is 15.6. The van der Waals surface area contributed by atoms with Gasteiger partial charge in [-0.05, 0) is 86.3 Å². The number of carbonyl (C=O) groups is 1. The lowest BCUT2D eigenvalue weighted by Gasteiger charge is -2.54. The summed E-state index contributed by atoms with van der Waals surface area (Å²) < 4.78 is 29.0. The van der Waals surface area contributed by atoms with E-state index in [1.807, 2.05) is 0 Å². The molecular weight excluding hydrogens is 360 g/mol. The van der Waals surface area contributed by atoms with Gasteiger partial charge in [-0.25, -0.2) is 13.1 Å². The third-order valence-corrected chi connectivity index (χ3v) is 9.39. The highest BCUT2D eigenvalue weighted by molar-refractivity contribution is 7.89. The number of nitrogens with two attached hydrogens (primary N) is 1. The van der Waals surface area contributed by atoms with E-state index in [-0.39, 0.29) is 11.9 Å². The van der Waals surface area contributed by atoms with E-state index in [0.29, 0.717) is 16.7 Å². The number of benzene rings is 1. The number of sulfonamides is 1. The van der Waals surface area contributed by atoms with Crippen molar-refractivity contribution < 1.29 is 13.2 Å². The minimum absolute atomic E-state index is 0.0890. The predicted octanol–water partition coefficient (Wildman–Crippen LogP) is 2.70. The minimum Gasteiger partial charge on any atom is -0.369 e. The van der Waals surface area contributed by atoms with Crippen molar-refractivity contribution in [3.8, 4) is 0 Å². The molecule has 1 aromatic rings. The second-order valence-corrected chi connectivity index (χ2v) is 11.1. The molecule has 5 fully saturated rings. The van der Waals surface area contributed by atoms with Gasteiger partial charge in [0.25, 0.3) is 0 Å². The molecule has 0 heterocycles. The molecule has 146 valence electrons. The molecule has 0 unspecified atom stereocenters. The quantitative estimate of drug-likeness (QED) is 0.813. The number of amides is 1. The van der Waals surface area contributed by atoms with Gasteiger partial charge in [-0.3, -0.25) is 4.79 Å². The molecule has 3 N–H and O–H groups in total. The largest absolute Gasteiger partial charge is 0.369 e. The van der Waals surface area contributed by atoms with Gasteiger partial charge in [0.15, 0.2) is 0 Å². The fraction of sp³-hybridized carbons (Fsp3) is 0.667. The first-order valence-corrected chi connectivity index (χ1v) is 11.8. The molecular formula is C21H28N2O3S. The van der Waals surface area contributed by atoms with Crippen LogP contribution in [0.2, 0.25) is 0 Å². The molecule has 6 rings (SSSR count). The van der Waals surface area contributed by atoms with E-state index in [4.69, 9.17) is 5.73 Å². The van der Waals surface area contributed by atoms with E-state index >= 15 is 0 Å². The molecule has 1 aromatic carbocycles. The van der Waals surface area contributed by atoms with Crippen LogP contribution < -0.4 is 10.5 Å². The van der Waals surface area contributed by atoms with Gasteiger partial charge in [0.05, 0.1) is 10.3 Å². The second-order valence-electron chi connectivity index (χ2n) is 9.40. The van der Waals surface area contributed by atoms with Crippen LogP contribution in [0.15, 0.2) is 29.2 Å². The molecule has 5 aliphatic carbocycles. The maximum absolute atomic E-state index is 13.0. The smallest absolute Gasteiger partial charge is 0.240 e. The average molecular weight is 389 g/mol. The molecule has 0 aliphatic heterocycles. The minimum atomic E-state index is -3.54. The normalized spacial score (nSPS) is 36.4. The van der Waals surface area contributed by atoms with Gasteiger partial charge < -0.3 is 5.73 Å². The standard InChI is InChI=1S/C21H28N2O3S/c22-20(24)21(6-1-7-21)17-2-4-18(5-3-17)27(25,26)23-19-15-9-13-8-14(11-15)12-16(19)10-13/h2-5,13-16,19,23H,1,6-12H2,(H2,22,24). The Morgan fingerprint density at radius 2 is 1.52 bits per heavy atom. The topological polar surface area (TPSA) is 89.3 Å². The number of hydrogen-bond acceptors (Lipinski definition) is 3. The van der Waals surface area contributed by atoms with Gasteiger partial charge in [0, 0.05) is 6.04 Å². The van der Waals surface area contributed by atoms with Crippen molar-refractivity contribution in [3.05, 3.63) is 29.8 Å². The van der Waals surface area contributed by atoms with Crippen LogP contribution in [0.5, 0.6) is 0 Å². The molecule has 0 atom stereocenters. The maximum Gasteiger partial charge on any atom is 0.240 e. The molecule has 0 aromatic heterocycles. The number of primary amides is 1. The number of rotatable bonds is 5. The Labute approximate surface area is 161 Å². The van der Waals surface area contributed by atoms with E-state index in [0.717, 1.165) is 36.7 Å². The molecule has 5 aliphatic rings. The fourth-order valence-corrected chi connectivity index (χ4v) is 7.90. The van der Waals surface area contributed by atoms with Crippen LogP contribution in [0.25, 0.3) is 0 Å².